The van der Waals surface area contributed by atoms with E-state index in [0.717, 1.165) is 22.8 Å². The first-order valence-corrected chi connectivity index (χ1v) is 11.4. The minimum absolute atomic E-state index is 0.164. The van der Waals surface area contributed by atoms with Crippen molar-refractivity contribution in [2.45, 2.75) is 32.9 Å². The van der Waals surface area contributed by atoms with E-state index >= 15 is 0 Å². The topological polar surface area (TPSA) is 69.7 Å². The third-order valence-electron chi connectivity index (χ3n) is 5.96. The summed E-state index contributed by atoms with van der Waals surface area (Å²) in [5, 5.41) is 5.18. The molecule has 33 heavy (non-hydrogen) atoms. The fourth-order valence-electron chi connectivity index (χ4n) is 4.15. The molecule has 0 aromatic heterocycles. The molecule has 4 rings (SSSR count). The second kappa shape index (κ2) is 9.63. The van der Waals surface area contributed by atoms with E-state index in [1.54, 1.807) is 19.1 Å². The van der Waals surface area contributed by atoms with Gasteiger partial charge in [0, 0.05) is 29.1 Å². The zero-order valence-corrected chi connectivity index (χ0v) is 19.4. The van der Waals surface area contributed by atoms with Gasteiger partial charge in [0.05, 0.1) is 5.69 Å². The molecule has 7 heteroatoms. The molecule has 0 saturated heterocycles. The normalized spacial score (nSPS) is 13.3. The monoisotopic (exact) mass is 463 g/mol. The summed E-state index contributed by atoms with van der Waals surface area (Å²) in [7, 11) is 0. The molecule has 3 aromatic rings. The van der Waals surface area contributed by atoms with Crippen molar-refractivity contribution in [3.05, 3.63) is 76.8 Å². The Bertz CT molecular complexity index is 1220. The van der Waals surface area contributed by atoms with E-state index in [1.165, 1.54) is 9.80 Å². The van der Waals surface area contributed by atoms with E-state index in [-0.39, 0.29) is 30.8 Å². The molecule has 0 bridgehead atoms. The highest BCUT2D eigenvalue weighted by atomic mass is 35.5. The van der Waals surface area contributed by atoms with Crippen LogP contribution in [0.15, 0.2) is 60.7 Å². The van der Waals surface area contributed by atoms with Gasteiger partial charge >= 0.3 is 0 Å². The lowest BCUT2D eigenvalue weighted by atomic mass is 10.1. The molecule has 1 aliphatic rings. The zero-order chi connectivity index (χ0) is 23.5. The molecule has 0 saturated carbocycles. The molecule has 1 unspecified atom stereocenters. The van der Waals surface area contributed by atoms with Crippen LogP contribution < -0.4 is 10.2 Å². The number of amides is 3. The lowest BCUT2D eigenvalue weighted by Crippen LogP contribution is -2.51. The Morgan fingerprint density at radius 3 is 2.52 bits per heavy atom. The van der Waals surface area contributed by atoms with Crippen LogP contribution in [0.3, 0.4) is 0 Å². The maximum Gasteiger partial charge on any atom is 0.259 e. The molecule has 1 atom stereocenters. The van der Waals surface area contributed by atoms with Crippen LogP contribution in [0.25, 0.3) is 10.8 Å². The third-order valence-corrected chi connectivity index (χ3v) is 6.33. The van der Waals surface area contributed by atoms with Crippen molar-refractivity contribution >= 4 is 45.8 Å². The van der Waals surface area contributed by atoms with E-state index < -0.39 is 6.04 Å². The Hall–Kier alpha value is -3.38. The smallest absolute Gasteiger partial charge is 0.259 e. The van der Waals surface area contributed by atoms with Crippen LogP contribution in [0.2, 0.25) is 5.02 Å². The van der Waals surface area contributed by atoms with Crippen molar-refractivity contribution in [1.29, 1.82) is 0 Å². The number of hydrogen-bond acceptors (Lipinski definition) is 3. The van der Waals surface area contributed by atoms with Crippen LogP contribution >= 0.6 is 11.6 Å². The molecule has 1 heterocycles. The van der Waals surface area contributed by atoms with E-state index in [1.807, 2.05) is 55.5 Å². The summed E-state index contributed by atoms with van der Waals surface area (Å²) in [6.45, 7) is 4.19. The molecular weight excluding hydrogens is 438 g/mol. The molecule has 0 radical (unpaired) electrons. The minimum atomic E-state index is -0.726. The van der Waals surface area contributed by atoms with Crippen LogP contribution in [-0.4, -0.2) is 41.8 Å². The first-order valence-electron chi connectivity index (χ1n) is 11.1. The molecular formula is C26H26ClN3O3. The molecule has 1 N–H and O–H groups in total. The lowest BCUT2D eigenvalue weighted by molar-refractivity contribution is -0.139. The summed E-state index contributed by atoms with van der Waals surface area (Å²) < 4.78 is 0. The van der Waals surface area contributed by atoms with Crippen molar-refractivity contribution in [2.75, 3.05) is 18.0 Å². The van der Waals surface area contributed by atoms with Gasteiger partial charge in [-0.1, -0.05) is 61.0 Å². The van der Waals surface area contributed by atoms with Crippen molar-refractivity contribution in [2.24, 2.45) is 0 Å². The largest absolute Gasteiger partial charge is 0.354 e. The highest BCUT2D eigenvalue weighted by Gasteiger charge is 2.34. The second-order valence-electron chi connectivity index (χ2n) is 8.15. The number of nitrogens with zero attached hydrogens (tertiary/aromatic N) is 2. The second-order valence-corrected chi connectivity index (χ2v) is 8.56. The Kier molecular flexibility index (Phi) is 6.65. The van der Waals surface area contributed by atoms with Gasteiger partial charge in [-0.25, -0.2) is 0 Å². The number of rotatable bonds is 8. The number of halogens is 1. The van der Waals surface area contributed by atoms with E-state index in [0.29, 0.717) is 22.8 Å². The van der Waals surface area contributed by atoms with Gasteiger partial charge in [0.25, 0.3) is 5.91 Å². The average Bonchev–Trinajstić information content (AvgIpc) is 3.09. The molecule has 1 aliphatic heterocycles. The Labute approximate surface area is 198 Å². The Balaban J connectivity index is 1.63. The van der Waals surface area contributed by atoms with E-state index in [4.69, 9.17) is 11.6 Å². The molecule has 170 valence electrons. The van der Waals surface area contributed by atoms with Crippen molar-refractivity contribution < 1.29 is 14.4 Å². The fraction of sp³-hybridized carbons (Fsp3) is 0.269. The van der Waals surface area contributed by atoms with Crippen LogP contribution in [0, 0.1) is 0 Å². The van der Waals surface area contributed by atoms with Crippen molar-refractivity contribution in [3.63, 3.8) is 0 Å². The molecule has 0 aliphatic carbocycles. The van der Waals surface area contributed by atoms with Crippen LogP contribution in [0.4, 0.5) is 5.69 Å². The molecule has 0 fully saturated rings. The quantitative estimate of drug-likeness (QED) is 0.538. The Morgan fingerprint density at radius 2 is 1.79 bits per heavy atom. The van der Waals surface area contributed by atoms with Gasteiger partial charge in [0.15, 0.2) is 0 Å². The first kappa shape index (κ1) is 22.8. The number of carbonyl (C=O) groups is 3. The van der Waals surface area contributed by atoms with E-state index in [2.05, 4.69) is 5.32 Å². The van der Waals surface area contributed by atoms with Crippen molar-refractivity contribution in [3.8, 4) is 0 Å². The fourth-order valence-corrected chi connectivity index (χ4v) is 4.35. The number of anilines is 1. The van der Waals surface area contributed by atoms with Gasteiger partial charge in [-0.3, -0.25) is 19.3 Å². The minimum Gasteiger partial charge on any atom is -0.354 e. The number of hydrogen-bond donors (Lipinski definition) is 1. The highest BCUT2D eigenvalue weighted by molar-refractivity contribution is 6.31. The summed E-state index contributed by atoms with van der Waals surface area (Å²) in [5.74, 6) is -0.779. The molecule has 6 nitrogen and oxygen atoms in total. The summed E-state index contributed by atoms with van der Waals surface area (Å²) in [4.78, 5) is 42.4. The van der Waals surface area contributed by atoms with Crippen molar-refractivity contribution in [1.82, 2.24) is 10.2 Å². The number of nitrogens with one attached hydrogen (secondary N) is 1. The Morgan fingerprint density at radius 1 is 1.06 bits per heavy atom. The standard InChI is InChI=1S/C26H26ClN3O3/c1-3-14-28-25(32)17(2)29(15-19-8-4-5-12-21(19)27)23(31)16-30-22-13-7-10-18-9-6-11-20(24(18)22)26(30)33/h4-13,17H,3,14-16H2,1-2H3,(H,28,32). The first-order chi connectivity index (χ1) is 15.9. The average molecular weight is 464 g/mol. The van der Waals surface area contributed by atoms with Gasteiger partial charge in [-0.05, 0) is 42.5 Å². The lowest BCUT2D eigenvalue weighted by Gasteiger charge is -2.31. The highest BCUT2D eigenvalue weighted by Crippen LogP contribution is 2.37. The van der Waals surface area contributed by atoms with Gasteiger partial charge in [-0.2, -0.15) is 0 Å². The maximum absolute atomic E-state index is 13.6. The van der Waals surface area contributed by atoms with Crippen LogP contribution in [0.1, 0.15) is 36.2 Å². The predicted molar refractivity (Wildman–Crippen MR) is 130 cm³/mol. The van der Waals surface area contributed by atoms with Gasteiger partial charge in [-0.15, -0.1) is 0 Å². The molecule has 3 amide bonds. The number of carbonyl (C=O) groups excluding carboxylic acids is 3. The van der Waals surface area contributed by atoms with Gasteiger partial charge in [0.1, 0.15) is 12.6 Å². The number of benzene rings is 3. The predicted octanol–water partition coefficient (Wildman–Crippen LogP) is 4.40. The summed E-state index contributed by atoms with van der Waals surface area (Å²) >= 11 is 6.35. The van der Waals surface area contributed by atoms with E-state index in [9.17, 15) is 14.4 Å². The SMILES string of the molecule is CCCNC(=O)C(C)N(Cc1ccccc1Cl)C(=O)CN1C(=O)c2cccc3cccc1c23. The third kappa shape index (κ3) is 4.44. The molecule has 0 spiro atoms. The zero-order valence-electron chi connectivity index (χ0n) is 18.7. The van der Waals surface area contributed by atoms with Gasteiger partial charge in [0.2, 0.25) is 11.8 Å². The maximum atomic E-state index is 13.6. The summed E-state index contributed by atoms with van der Waals surface area (Å²) in [5.41, 5.74) is 2.03. The summed E-state index contributed by atoms with van der Waals surface area (Å²) in [6, 6.07) is 17.8. The van der Waals surface area contributed by atoms with Crippen LogP contribution in [0.5, 0.6) is 0 Å². The van der Waals surface area contributed by atoms with Crippen LogP contribution in [-0.2, 0) is 16.1 Å². The molecule has 3 aromatic carbocycles. The summed E-state index contributed by atoms with van der Waals surface area (Å²) in [6.07, 6.45) is 0.793. The van der Waals surface area contributed by atoms with Gasteiger partial charge < -0.3 is 10.2 Å².